The molecule has 0 spiro atoms. The van der Waals surface area contributed by atoms with E-state index in [1.54, 1.807) is 24.5 Å². The molecule has 5 rings (SSSR count). The molecule has 1 aromatic heterocycles. The summed E-state index contributed by atoms with van der Waals surface area (Å²) in [5, 5.41) is 0. The number of ether oxygens (including phenoxy) is 2. The predicted octanol–water partition coefficient (Wildman–Crippen LogP) is 3.52. The molecule has 0 unspecified atom stereocenters. The molecule has 3 aliphatic rings. The minimum Gasteiger partial charge on any atom is -0.477 e. The van der Waals surface area contributed by atoms with E-state index >= 15 is 0 Å². The summed E-state index contributed by atoms with van der Waals surface area (Å²) in [6.07, 6.45) is 5.68. The van der Waals surface area contributed by atoms with Gasteiger partial charge in [0.15, 0.2) is 5.76 Å². The van der Waals surface area contributed by atoms with Crippen LogP contribution >= 0.6 is 0 Å². The Balaban J connectivity index is 1.54. The second-order valence-corrected chi connectivity index (χ2v) is 6.57. The first-order valence-corrected chi connectivity index (χ1v) is 8.22. The SMILES string of the molecule is Cc1c2c(cc3c1O/C(=C\c1ccco1)C3=O)CN(C1CC1)CO2. The van der Waals surface area contributed by atoms with Crippen LogP contribution in [0.3, 0.4) is 0 Å². The van der Waals surface area contributed by atoms with Gasteiger partial charge in [0, 0.05) is 29.8 Å². The second kappa shape index (κ2) is 4.98. The lowest BCUT2D eigenvalue weighted by Crippen LogP contribution is -2.34. The summed E-state index contributed by atoms with van der Waals surface area (Å²) in [7, 11) is 0. The van der Waals surface area contributed by atoms with E-state index in [-0.39, 0.29) is 5.78 Å². The minimum atomic E-state index is -0.101. The molecule has 0 bridgehead atoms. The Morgan fingerprint density at radius 3 is 2.92 bits per heavy atom. The molecule has 24 heavy (non-hydrogen) atoms. The van der Waals surface area contributed by atoms with Crippen LogP contribution in [0.2, 0.25) is 0 Å². The number of ketones is 1. The van der Waals surface area contributed by atoms with Gasteiger partial charge in [0.25, 0.3) is 0 Å². The van der Waals surface area contributed by atoms with Crippen LogP contribution in [-0.4, -0.2) is 23.5 Å². The molecule has 1 aromatic carbocycles. The Morgan fingerprint density at radius 2 is 2.17 bits per heavy atom. The van der Waals surface area contributed by atoms with Gasteiger partial charge in [-0.15, -0.1) is 0 Å². The smallest absolute Gasteiger partial charge is 0.232 e. The molecule has 122 valence electrons. The highest BCUT2D eigenvalue weighted by molar-refractivity contribution is 6.15. The van der Waals surface area contributed by atoms with Gasteiger partial charge in [-0.05, 0) is 38.0 Å². The molecule has 3 heterocycles. The van der Waals surface area contributed by atoms with Crippen molar-refractivity contribution in [1.29, 1.82) is 0 Å². The van der Waals surface area contributed by atoms with E-state index < -0.39 is 0 Å². The quantitative estimate of drug-likeness (QED) is 0.792. The van der Waals surface area contributed by atoms with Gasteiger partial charge in [-0.3, -0.25) is 9.69 Å². The van der Waals surface area contributed by atoms with Crippen LogP contribution < -0.4 is 9.47 Å². The number of carbonyl (C=O) groups is 1. The zero-order chi connectivity index (χ0) is 16.3. The molecule has 1 aliphatic carbocycles. The summed E-state index contributed by atoms with van der Waals surface area (Å²) >= 11 is 0. The van der Waals surface area contributed by atoms with Crippen molar-refractivity contribution < 1.29 is 18.7 Å². The molecule has 1 saturated carbocycles. The fourth-order valence-electron chi connectivity index (χ4n) is 3.44. The number of allylic oxidation sites excluding steroid dienone is 1. The number of Topliss-reactive ketones (excluding diaryl/α,β-unsaturated/α-hetero) is 1. The molecule has 5 heteroatoms. The summed E-state index contributed by atoms with van der Waals surface area (Å²) in [5.74, 6) is 2.26. The maximum atomic E-state index is 12.7. The van der Waals surface area contributed by atoms with E-state index in [0.29, 0.717) is 35.6 Å². The summed E-state index contributed by atoms with van der Waals surface area (Å²) in [6, 6.07) is 6.13. The minimum absolute atomic E-state index is 0.101. The average Bonchev–Trinajstić information content (AvgIpc) is 3.24. The zero-order valence-electron chi connectivity index (χ0n) is 13.4. The van der Waals surface area contributed by atoms with Crippen LogP contribution in [0, 0.1) is 6.92 Å². The van der Waals surface area contributed by atoms with Crippen LogP contribution in [0.25, 0.3) is 6.08 Å². The first-order valence-electron chi connectivity index (χ1n) is 8.22. The summed E-state index contributed by atoms with van der Waals surface area (Å²) in [4.78, 5) is 15.0. The second-order valence-electron chi connectivity index (χ2n) is 6.57. The molecular formula is C19H17NO4. The molecule has 0 amide bonds. The number of carbonyl (C=O) groups excluding carboxylic acids is 1. The fraction of sp³-hybridized carbons (Fsp3) is 0.316. The number of hydrogen-bond acceptors (Lipinski definition) is 5. The van der Waals surface area contributed by atoms with E-state index in [9.17, 15) is 4.79 Å². The van der Waals surface area contributed by atoms with Crippen LogP contribution in [0.1, 0.15) is 40.1 Å². The lowest BCUT2D eigenvalue weighted by Gasteiger charge is -2.30. The topological polar surface area (TPSA) is 51.9 Å². The Labute approximate surface area is 139 Å². The van der Waals surface area contributed by atoms with E-state index in [2.05, 4.69) is 4.90 Å². The van der Waals surface area contributed by atoms with Crippen LogP contribution in [0.4, 0.5) is 0 Å². The number of furan rings is 1. The zero-order valence-corrected chi connectivity index (χ0v) is 13.4. The molecule has 5 nitrogen and oxygen atoms in total. The Hall–Kier alpha value is -2.53. The van der Waals surface area contributed by atoms with Gasteiger partial charge in [-0.1, -0.05) is 0 Å². The molecule has 2 aromatic rings. The Kier molecular flexibility index (Phi) is 2.88. The lowest BCUT2D eigenvalue weighted by atomic mass is 10.00. The standard InChI is InChI=1S/C19H17NO4/c1-11-18-12(9-20(10-23-18)13-4-5-13)7-15-17(21)16(24-19(11)15)8-14-3-2-6-22-14/h2-3,6-8,13H,4-5,9-10H2,1H3/b16-8-. The number of hydrogen-bond donors (Lipinski definition) is 0. The lowest BCUT2D eigenvalue weighted by molar-refractivity contribution is 0.0872. The largest absolute Gasteiger partial charge is 0.477 e. The van der Waals surface area contributed by atoms with Crippen molar-refractivity contribution in [3.05, 3.63) is 52.7 Å². The van der Waals surface area contributed by atoms with E-state index in [1.165, 1.54) is 12.8 Å². The molecule has 0 radical (unpaired) electrons. The van der Waals surface area contributed by atoms with Gasteiger partial charge in [0.05, 0.1) is 11.8 Å². The molecular weight excluding hydrogens is 306 g/mol. The normalized spacial score (nSPS) is 21.4. The first kappa shape index (κ1) is 13.9. The van der Waals surface area contributed by atoms with Gasteiger partial charge >= 0.3 is 0 Å². The van der Waals surface area contributed by atoms with Crippen molar-refractivity contribution in [3.63, 3.8) is 0 Å². The van der Waals surface area contributed by atoms with Crippen LogP contribution in [0.15, 0.2) is 34.6 Å². The van der Waals surface area contributed by atoms with E-state index in [1.807, 2.05) is 13.0 Å². The van der Waals surface area contributed by atoms with Crippen molar-refractivity contribution >= 4 is 11.9 Å². The monoisotopic (exact) mass is 323 g/mol. The van der Waals surface area contributed by atoms with Crippen LogP contribution in [0.5, 0.6) is 11.5 Å². The first-order chi connectivity index (χ1) is 11.7. The summed E-state index contributed by atoms with van der Waals surface area (Å²) < 4.78 is 17.1. The van der Waals surface area contributed by atoms with Gasteiger partial charge in [-0.25, -0.2) is 0 Å². The highest BCUT2D eigenvalue weighted by atomic mass is 16.5. The molecule has 2 aliphatic heterocycles. The summed E-state index contributed by atoms with van der Waals surface area (Å²) in [5.41, 5.74) is 2.58. The summed E-state index contributed by atoms with van der Waals surface area (Å²) in [6.45, 7) is 3.40. The predicted molar refractivity (Wildman–Crippen MR) is 86.9 cm³/mol. The molecule has 0 N–H and O–H groups in total. The van der Waals surface area contributed by atoms with Gasteiger partial charge in [0.1, 0.15) is 24.0 Å². The highest BCUT2D eigenvalue weighted by Gasteiger charge is 2.36. The van der Waals surface area contributed by atoms with Crippen molar-refractivity contribution in [2.75, 3.05) is 6.73 Å². The number of benzene rings is 1. The number of fused-ring (bicyclic) bond motifs is 2. The van der Waals surface area contributed by atoms with Gasteiger partial charge in [-0.2, -0.15) is 0 Å². The van der Waals surface area contributed by atoms with Crippen molar-refractivity contribution in [1.82, 2.24) is 4.90 Å². The van der Waals surface area contributed by atoms with Crippen LogP contribution in [-0.2, 0) is 6.54 Å². The third-order valence-electron chi connectivity index (χ3n) is 4.84. The Bertz CT molecular complexity index is 862. The van der Waals surface area contributed by atoms with E-state index in [0.717, 1.165) is 23.4 Å². The maximum Gasteiger partial charge on any atom is 0.232 e. The van der Waals surface area contributed by atoms with Crippen molar-refractivity contribution in [2.45, 2.75) is 32.4 Å². The third kappa shape index (κ3) is 2.08. The average molecular weight is 323 g/mol. The van der Waals surface area contributed by atoms with Crippen molar-refractivity contribution in [3.8, 4) is 11.5 Å². The molecule has 0 atom stereocenters. The fourth-order valence-corrected chi connectivity index (χ4v) is 3.44. The highest BCUT2D eigenvalue weighted by Crippen LogP contribution is 2.44. The third-order valence-corrected chi connectivity index (χ3v) is 4.84. The Morgan fingerprint density at radius 1 is 1.29 bits per heavy atom. The number of nitrogens with zero attached hydrogens (tertiary/aromatic N) is 1. The molecule has 0 saturated heterocycles. The van der Waals surface area contributed by atoms with Gasteiger partial charge < -0.3 is 13.9 Å². The van der Waals surface area contributed by atoms with Crippen molar-refractivity contribution in [2.24, 2.45) is 0 Å². The van der Waals surface area contributed by atoms with Gasteiger partial charge in [0.2, 0.25) is 5.78 Å². The number of rotatable bonds is 2. The molecule has 1 fully saturated rings. The maximum absolute atomic E-state index is 12.7. The van der Waals surface area contributed by atoms with E-state index in [4.69, 9.17) is 13.9 Å².